The molecule has 2 saturated heterocycles. The van der Waals surface area contributed by atoms with Crippen molar-refractivity contribution in [2.45, 2.75) is 94.2 Å². The highest BCUT2D eigenvalue weighted by atomic mass is 79.9. The zero-order chi connectivity index (χ0) is 31.7. The van der Waals surface area contributed by atoms with Gasteiger partial charge in [0.1, 0.15) is 24.4 Å². The number of fused-ring (bicyclic) bond motifs is 2. The Bertz CT molecular complexity index is 1360. The largest absolute Gasteiger partial charge is 0.463 e. The van der Waals surface area contributed by atoms with E-state index in [9.17, 15) is 24.3 Å². The van der Waals surface area contributed by atoms with Crippen molar-refractivity contribution >= 4 is 39.6 Å². The highest BCUT2D eigenvalue weighted by molar-refractivity contribution is 9.11. The number of hydrogen-bond acceptors (Lipinski definition) is 7. The van der Waals surface area contributed by atoms with E-state index in [4.69, 9.17) is 9.47 Å². The molecule has 11 heteroatoms. The van der Waals surface area contributed by atoms with Crippen LogP contribution in [0.25, 0.3) is 0 Å². The lowest BCUT2D eigenvalue weighted by atomic mass is 9.73. The van der Waals surface area contributed by atoms with Crippen molar-refractivity contribution in [2.75, 3.05) is 19.8 Å². The fourth-order valence-corrected chi connectivity index (χ4v) is 8.68. The number of halogens is 1. The van der Waals surface area contributed by atoms with Gasteiger partial charge in [-0.2, -0.15) is 0 Å². The molecule has 1 aliphatic carbocycles. The van der Waals surface area contributed by atoms with Gasteiger partial charge in [-0.15, -0.1) is 0 Å². The summed E-state index contributed by atoms with van der Waals surface area (Å²) in [7, 11) is 0. The van der Waals surface area contributed by atoms with Crippen LogP contribution in [-0.2, 0) is 28.7 Å². The highest BCUT2D eigenvalue weighted by Crippen LogP contribution is 2.59. The zero-order valence-electron chi connectivity index (χ0n) is 25.6. The van der Waals surface area contributed by atoms with Gasteiger partial charge in [0.25, 0.3) is 0 Å². The summed E-state index contributed by atoms with van der Waals surface area (Å²) >= 11 is 3.62. The maximum absolute atomic E-state index is 14.9. The predicted octanol–water partition coefficient (Wildman–Crippen LogP) is 3.54. The lowest BCUT2D eigenvalue weighted by Gasteiger charge is -2.41. The molecular weight excluding hydrogens is 642 g/mol. The maximum Gasteiger partial charge on any atom is 0.306 e. The topological polar surface area (TPSA) is 125 Å². The fourth-order valence-electron chi connectivity index (χ4n) is 7.94. The number of esters is 1. The first-order chi connectivity index (χ1) is 21.8. The van der Waals surface area contributed by atoms with Gasteiger partial charge in [0.15, 0.2) is 0 Å². The molecule has 10 nitrogen and oxygen atoms in total. The van der Waals surface area contributed by atoms with E-state index < -0.39 is 47.6 Å². The van der Waals surface area contributed by atoms with E-state index >= 15 is 0 Å². The SMILES string of the molecule is CC[C@@H](CO)N1C(=O)[C@@H]2[C@H]3C(=O)N[C@@H](c4ccccc4)COC(=O)CC/C=C\CN(C4CCCCC4)C(=O)[C@@H]1[C@]21C=C(Br)[C@H]3O1. The first kappa shape index (κ1) is 31.9. The van der Waals surface area contributed by atoms with Gasteiger partial charge in [-0.1, -0.05) is 84.6 Å². The van der Waals surface area contributed by atoms with Crippen LogP contribution in [0.5, 0.6) is 0 Å². The maximum atomic E-state index is 14.9. The second-order valence-electron chi connectivity index (χ2n) is 12.8. The normalized spacial score (nSPS) is 34.3. The number of hydrogen-bond donors (Lipinski definition) is 2. The lowest BCUT2D eigenvalue weighted by molar-refractivity contribution is -0.152. The Hall–Kier alpha value is -3.02. The molecule has 5 bridgehead atoms. The van der Waals surface area contributed by atoms with E-state index in [-0.39, 0.29) is 43.5 Å². The highest BCUT2D eigenvalue weighted by Gasteiger charge is 2.75. The molecule has 1 aromatic carbocycles. The van der Waals surface area contributed by atoms with E-state index in [1.807, 2.05) is 60.4 Å². The van der Waals surface area contributed by atoms with Crippen molar-refractivity contribution in [3.8, 4) is 0 Å². The first-order valence-electron chi connectivity index (χ1n) is 16.3. The molecule has 0 radical (unpaired) electrons. The van der Waals surface area contributed by atoms with Crippen LogP contribution in [0.4, 0.5) is 0 Å². The minimum absolute atomic E-state index is 0.0127. The molecule has 5 aliphatic rings. The number of carbonyl (C=O) groups excluding carboxylic acids is 4. The van der Waals surface area contributed by atoms with Crippen LogP contribution in [0, 0.1) is 11.8 Å². The Morgan fingerprint density at radius 2 is 1.82 bits per heavy atom. The summed E-state index contributed by atoms with van der Waals surface area (Å²) in [4.78, 5) is 59.7. The third-order valence-corrected chi connectivity index (χ3v) is 10.9. The van der Waals surface area contributed by atoms with Gasteiger partial charge in [0, 0.05) is 23.5 Å². The van der Waals surface area contributed by atoms with Crippen LogP contribution >= 0.6 is 15.9 Å². The Labute approximate surface area is 272 Å². The number of nitrogens with zero attached hydrogens (tertiary/aromatic N) is 2. The van der Waals surface area contributed by atoms with Crippen molar-refractivity contribution in [2.24, 2.45) is 11.8 Å². The third kappa shape index (κ3) is 5.76. The molecule has 4 heterocycles. The van der Waals surface area contributed by atoms with Gasteiger partial charge in [0.05, 0.1) is 30.5 Å². The number of cyclic esters (lactones) is 1. The molecule has 1 saturated carbocycles. The molecule has 3 amide bonds. The smallest absolute Gasteiger partial charge is 0.306 e. The molecule has 0 aromatic heterocycles. The van der Waals surface area contributed by atoms with Crippen LogP contribution in [0.2, 0.25) is 0 Å². The van der Waals surface area contributed by atoms with Gasteiger partial charge in [-0.05, 0) is 37.3 Å². The summed E-state index contributed by atoms with van der Waals surface area (Å²) in [5, 5.41) is 13.5. The van der Waals surface area contributed by atoms with E-state index in [0.29, 0.717) is 23.9 Å². The summed E-state index contributed by atoms with van der Waals surface area (Å²) < 4.78 is 12.9. The van der Waals surface area contributed by atoms with E-state index in [1.54, 1.807) is 0 Å². The van der Waals surface area contributed by atoms with Gasteiger partial charge in [-0.3, -0.25) is 19.2 Å². The first-order valence-corrected chi connectivity index (χ1v) is 17.1. The second kappa shape index (κ2) is 13.4. The molecule has 3 fully saturated rings. The molecule has 0 unspecified atom stereocenters. The quantitative estimate of drug-likeness (QED) is 0.359. The van der Waals surface area contributed by atoms with Gasteiger partial charge in [-0.25, -0.2) is 0 Å². The summed E-state index contributed by atoms with van der Waals surface area (Å²) in [6.07, 6.45) is 10.8. The number of allylic oxidation sites excluding steroid dienone is 1. The average molecular weight is 685 g/mol. The zero-order valence-corrected chi connectivity index (χ0v) is 27.2. The summed E-state index contributed by atoms with van der Waals surface area (Å²) in [5.74, 6) is -3.30. The van der Waals surface area contributed by atoms with Gasteiger partial charge < -0.3 is 29.7 Å². The minimum atomic E-state index is -1.37. The van der Waals surface area contributed by atoms with E-state index in [1.165, 1.54) is 4.90 Å². The van der Waals surface area contributed by atoms with Crippen molar-refractivity contribution in [1.82, 2.24) is 15.1 Å². The molecule has 242 valence electrons. The number of likely N-dealkylation sites (tertiary alicyclic amines) is 1. The second-order valence-corrected chi connectivity index (χ2v) is 13.7. The average Bonchev–Trinajstić information content (AvgIpc) is 3.65. The summed E-state index contributed by atoms with van der Waals surface area (Å²) in [6, 6.07) is 6.93. The molecule has 4 aliphatic heterocycles. The van der Waals surface area contributed by atoms with Crippen LogP contribution in [0.3, 0.4) is 0 Å². The lowest BCUT2D eigenvalue weighted by Crippen LogP contribution is -2.60. The Morgan fingerprint density at radius 1 is 1.07 bits per heavy atom. The van der Waals surface area contributed by atoms with Crippen molar-refractivity contribution in [1.29, 1.82) is 0 Å². The molecule has 1 spiro atoms. The van der Waals surface area contributed by atoms with Crippen LogP contribution in [-0.4, -0.2) is 88.2 Å². The number of benzene rings is 1. The number of amides is 3. The number of ether oxygens (including phenoxy) is 2. The molecule has 7 atom stereocenters. The Kier molecular flexibility index (Phi) is 9.49. The van der Waals surface area contributed by atoms with Crippen LogP contribution in [0.1, 0.15) is 69.9 Å². The molecule has 1 aromatic rings. The standard InChI is InChI=1S/C34H42BrN3O7/c1-2-22(19-39)38-30-33(43)37(23-14-8-4-9-15-23)17-11-5-10-16-26(40)44-20-25(21-12-6-3-7-13-21)36-31(41)27-28(32(38)42)34(30)18-24(35)29(27)45-34/h3,5-7,11-13,18,22-23,25,27-30,39H,2,4,8-10,14-17,19-20H2,1H3,(H,36,41)/b11-5-/t22-,25+,27+,28-,29+,30+,34-/m0/s1. The van der Waals surface area contributed by atoms with Crippen LogP contribution < -0.4 is 5.32 Å². The monoisotopic (exact) mass is 683 g/mol. The number of aliphatic hydroxyl groups excluding tert-OH is 1. The van der Waals surface area contributed by atoms with E-state index in [0.717, 1.165) is 37.7 Å². The van der Waals surface area contributed by atoms with Gasteiger partial charge >= 0.3 is 5.97 Å². The third-order valence-electron chi connectivity index (χ3n) is 10.2. The van der Waals surface area contributed by atoms with Crippen molar-refractivity contribution in [3.63, 3.8) is 0 Å². The predicted molar refractivity (Wildman–Crippen MR) is 169 cm³/mol. The summed E-state index contributed by atoms with van der Waals surface area (Å²) in [6.45, 7) is 1.82. The molecule has 2 N–H and O–H groups in total. The van der Waals surface area contributed by atoms with E-state index in [2.05, 4.69) is 21.2 Å². The Morgan fingerprint density at radius 3 is 2.53 bits per heavy atom. The number of carbonyl (C=O) groups is 4. The Balaban J connectivity index is 1.44. The van der Waals surface area contributed by atoms with Gasteiger partial charge in [0.2, 0.25) is 17.7 Å². The molecule has 6 rings (SSSR count). The van der Waals surface area contributed by atoms with Crippen LogP contribution in [0.15, 0.2) is 53.0 Å². The molecule has 45 heavy (non-hydrogen) atoms. The summed E-state index contributed by atoms with van der Waals surface area (Å²) in [5.41, 5.74) is -0.617. The van der Waals surface area contributed by atoms with Crippen molar-refractivity contribution in [3.05, 3.63) is 58.6 Å². The number of rotatable bonds is 5. The number of aliphatic hydroxyl groups is 1. The number of nitrogens with one attached hydrogen (secondary N) is 1. The van der Waals surface area contributed by atoms with Crippen molar-refractivity contribution < 1.29 is 33.8 Å². The molecular formula is C34H42BrN3O7. The minimum Gasteiger partial charge on any atom is -0.463 e. The fraction of sp³-hybridized carbons (Fsp3) is 0.588.